The Morgan fingerprint density at radius 3 is 2.65 bits per heavy atom. The van der Waals surface area contributed by atoms with Gasteiger partial charge in [-0.15, -0.1) is 0 Å². The highest BCUT2D eigenvalue weighted by Crippen LogP contribution is 2.30. The van der Waals surface area contributed by atoms with Crippen molar-refractivity contribution in [3.63, 3.8) is 0 Å². The fourth-order valence-corrected chi connectivity index (χ4v) is 1.46. The van der Waals surface area contributed by atoms with Crippen molar-refractivity contribution in [3.05, 3.63) is 58.3 Å². The summed E-state index contributed by atoms with van der Waals surface area (Å²) in [6.07, 6.45) is -3.47. The van der Waals surface area contributed by atoms with Gasteiger partial charge in [0.15, 0.2) is 0 Å². The predicted molar refractivity (Wildman–Crippen MR) is 64.3 cm³/mol. The molecular formula is C12H8F3N3O2. The van der Waals surface area contributed by atoms with Gasteiger partial charge in [-0.3, -0.25) is 9.59 Å². The molecule has 1 heterocycles. The van der Waals surface area contributed by atoms with Crippen molar-refractivity contribution in [1.82, 2.24) is 9.97 Å². The number of carbonyl (C=O) groups is 1. The van der Waals surface area contributed by atoms with Crippen molar-refractivity contribution in [2.24, 2.45) is 0 Å². The van der Waals surface area contributed by atoms with E-state index in [1.807, 2.05) is 0 Å². The van der Waals surface area contributed by atoms with E-state index in [0.717, 1.165) is 24.5 Å². The van der Waals surface area contributed by atoms with Crippen LogP contribution in [0.1, 0.15) is 16.1 Å². The average Bonchev–Trinajstić information content (AvgIpc) is 2.38. The summed E-state index contributed by atoms with van der Waals surface area (Å²) < 4.78 is 37.5. The van der Waals surface area contributed by atoms with Crippen LogP contribution in [0, 0.1) is 0 Å². The molecule has 0 spiro atoms. The van der Waals surface area contributed by atoms with Crippen molar-refractivity contribution in [2.45, 2.75) is 6.18 Å². The second-order valence-corrected chi connectivity index (χ2v) is 3.83. The Morgan fingerprint density at radius 1 is 1.25 bits per heavy atom. The fourth-order valence-electron chi connectivity index (χ4n) is 1.46. The second kappa shape index (κ2) is 5.16. The number of aromatic nitrogens is 2. The first-order valence-corrected chi connectivity index (χ1v) is 5.39. The number of halogens is 3. The summed E-state index contributed by atoms with van der Waals surface area (Å²) in [5, 5.41) is 2.24. The van der Waals surface area contributed by atoms with Gasteiger partial charge in [-0.05, 0) is 18.2 Å². The number of alkyl halides is 3. The Bertz CT molecular complexity index is 695. The zero-order chi connectivity index (χ0) is 14.8. The second-order valence-electron chi connectivity index (χ2n) is 3.83. The molecule has 0 saturated carbocycles. The zero-order valence-electron chi connectivity index (χ0n) is 9.86. The molecule has 104 valence electrons. The summed E-state index contributed by atoms with van der Waals surface area (Å²) in [6.45, 7) is 0. The SMILES string of the molecule is O=C(Nc1cccc(C(F)(F)F)c1)c1cc(=O)[nH]cn1. The van der Waals surface area contributed by atoms with E-state index in [9.17, 15) is 22.8 Å². The number of aromatic amines is 1. The van der Waals surface area contributed by atoms with Gasteiger partial charge in [0.2, 0.25) is 0 Å². The smallest absolute Gasteiger partial charge is 0.321 e. The summed E-state index contributed by atoms with van der Waals surface area (Å²) in [5.41, 5.74) is -1.64. The van der Waals surface area contributed by atoms with Crippen molar-refractivity contribution in [3.8, 4) is 0 Å². The number of nitrogens with zero attached hydrogens (tertiary/aromatic N) is 1. The van der Waals surface area contributed by atoms with Crippen molar-refractivity contribution in [2.75, 3.05) is 5.32 Å². The predicted octanol–water partition coefficient (Wildman–Crippen LogP) is 2.04. The van der Waals surface area contributed by atoms with E-state index in [1.165, 1.54) is 12.1 Å². The van der Waals surface area contributed by atoms with E-state index >= 15 is 0 Å². The lowest BCUT2D eigenvalue weighted by Crippen LogP contribution is -2.18. The molecule has 1 aromatic heterocycles. The third-order valence-corrected chi connectivity index (χ3v) is 2.36. The molecule has 20 heavy (non-hydrogen) atoms. The van der Waals surface area contributed by atoms with Crippen LogP contribution in [0.3, 0.4) is 0 Å². The van der Waals surface area contributed by atoms with Crippen LogP contribution in [0.4, 0.5) is 18.9 Å². The van der Waals surface area contributed by atoms with Crippen LogP contribution >= 0.6 is 0 Å². The average molecular weight is 283 g/mol. The highest BCUT2D eigenvalue weighted by Gasteiger charge is 2.30. The maximum atomic E-state index is 12.5. The van der Waals surface area contributed by atoms with Crippen molar-refractivity contribution in [1.29, 1.82) is 0 Å². The first-order valence-electron chi connectivity index (χ1n) is 5.39. The van der Waals surface area contributed by atoms with Crippen LogP contribution in [0.15, 0.2) is 41.5 Å². The molecule has 1 amide bonds. The normalized spacial score (nSPS) is 11.2. The zero-order valence-corrected chi connectivity index (χ0v) is 9.86. The first-order chi connectivity index (χ1) is 9.36. The molecule has 0 bridgehead atoms. The number of rotatable bonds is 2. The molecule has 0 aliphatic carbocycles. The number of nitrogens with one attached hydrogen (secondary N) is 2. The minimum absolute atomic E-state index is 0.0353. The lowest BCUT2D eigenvalue weighted by atomic mass is 10.2. The third-order valence-electron chi connectivity index (χ3n) is 2.36. The fraction of sp³-hybridized carbons (Fsp3) is 0.0833. The minimum Gasteiger partial charge on any atom is -0.321 e. The van der Waals surface area contributed by atoms with E-state index in [2.05, 4.69) is 15.3 Å². The van der Waals surface area contributed by atoms with Gasteiger partial charge in [0.05, 0.1) is 11.9 Å². The molecule has 0 unspecified atom stereocenters. The van der Waals surface area contributed by atoms with Gasteiger partial charge < -0.3 is 10.3 Å². The van der Waals surface area contributed by atoms with Gasteiger partial charge in [-0.1, -0.05) is 6.07 Å². The van der Waals surface area contributed by atoms with Crippen LogP contribution in [0.5, 0.6) is 0 Å². The molecule has 8 heteroatoms. The Balaban J connectivity index is 2.22. The molecule has 2 aromatic rings. The molecule has 5 nitrogen and oxygen atoms in total. The summed E-state index contributed by atoms with van der Waals surface area (Å²) in [7, 11) is 0. The molecule has 2 rings (SSSR count). The quantitative estimate of drug-likeness (QED) is 0.885. The maximum absolute atomic E-state index is 12.5. The topological polar surface area (TPSA) is 74.8 Å². The lowest BCUT2D eigenvalue weighted by molar-refractivity contribution is -0.137. The molecule has 0 fully saturated rings. The van der Waals surface area contributed by atoms with Crippen LogP contribution < -0.4 is 10.9 Å². The van der Waals surface area contributed by atoms with Crippen LogP contribution in [-0.4, -0.2) is 15.9 Å². The van der Waals surface area contributed by atoms with Gasteiger partial charge >= 0.3 is 6.18 Å². The monoisotopic (exact) mass is 283 g/mol. The number of anilines is 1. The molecule has 0 aliphatic rings. The number of H-pyrrole nitrogens is 1. The van der Waals surface area contributed by atoms with Crippen molar-refractivity contribution < 1.29 is 18.0 Å². The van der Waals surface area contributed by atoms with Gasteiger partial charge in [0.25, 0.3) is 11.5 Å². The van der Waals surface area contributed by atoms with E-state index in [-0.39, 0.29) is 11.4 Å². The highest BCUT2D eigenvalue weighted by atomic mass is 19.4. The Labute approximate surface area is 110 Å². The summed E-state index contributed by atoms with van der Waals surface area (Å²) >= 11 is 0. The summed E-state index contributed by atoms with van der Waals surface area (Å²) in [6, 6.07) is 5.11. The van der Waals surface area contributed by atoms with Gasteiger partial charge in [-0.25, -0.2) is 4.98 Å². The molecule has 0 aliphatic heterocycles. The van der Waals surface area contributed by atoms with Crippen LogP contribution in [0.2, 0.25) is 0 Å². The molecule has 2 N–H and O–H groups in total. The van der Waals surface area contributed by atoms with E-state index in [0.29, 0.717) is 0 Å². The largest absolute Gasteiger partial charge is 0.416 e. The summed E-state index contributed by atoms with van der Waals surface area (Å²) in [4.78, 5) is 28.6. The van der Waals surface area contributed by atoms with E-state index < -0.39 is 23.2 Å². The van der Waals surface area contributed by atoms with Gasteiger partial charge in [0, 0.05) is 11.8 Å². The Kier molecular flexibility index (Phi) is 3.55. The van der Waals surface area contributed by atoms with Crippen LogP contribution in [0.25, 0.3) is 0 Å². The first kappa shape index (κ1) is 13.8. The van der Waals surface area contributed by atoms with E-state index in [1.54, 1.807) is 0 Å². The van der Waals surface area contributed by atoms with Gasteiger partial charge in [-0.2, -0.15) is 13.2 Å². The standard InChI is InChI=1S/C12H8F3N3O2/c13-12(14,15)7-2-1-3-8(4-7)18-11(20)9-5-10(19)17-6-16-9/h1-6H,(H,18,20)(H,16,17,19). The summed E-state index contributed by atoms with van der Waals surface area (Å²) in [5.74, 6) is -0.768. The molecule has 0 saturated heterocycles. The third kappa shape index (κ3) is 3.22. The molecular weight excluding hydrogens is 275 g/mol. The van der Waals surface area contributed by atoms with E-state index in [4.69, 9.17) is 0 Å². The van der Waals surface area contributed by atoms with Gasteiger partial charge in [0.1, 0.15) is 5.69 Å². The van der Waals surface area contributed by atoms with Crippen molar-refractivity contribution >= 4 is 11.6 Å². The maximum Gasteiger partial charge on any atom is 0.416 e. The molecule has 0 radical (unpaired) electrons. The van der Waals surface area contributed by atoms with Crippen LogP contribution in [-0.2, 0) is 6.18 Å². The number of carbonyl (C=O) groups excluding carboxylic acids is 1. The molecule has 0 atom stereocenters. The minimum atomic E-state index is -4.50. The Morgan fingerprint density at radius 2 is 2.00 bits per heavy atom. The Hall–Kier alpha value is -2.64. The number of amides is 1. The highest BCUT2D eigenvalue weighted by molar-refractivity contribution is 6.02. The number of benzene rings is 1. The molecule has 1 aromatic carbocycles. The number of hydrogen-bond acceptors (Lipinski definition) is 3. The number of hydrogen-bond donors (Lipinski definition) is 2. The lowest BCUT2D eigenvalue weighted by Gasteiger charge is -2.09.